The quantitative estimate of drug-likeness (QED) is 0.291. The molecule has 0 atom stereocenters. The first-order chi connectivity index (χ1) is 14.8. The van der Waals surface area contributed by atoms with E-state index in [1.54, 1.807) is 7.05 Å². The normalized spacial score (nSPS) is 14.6. The van der Waals surface area contributed by atoms with Crippen molar-refractivity contribution in [3.05, 3.63) is 65.2 Å². The lowest BCUT2D eigenvalue weighted by atomic mass is 10.1. The largest absolute Gasteiger partial charge is 0.492 e. The molecule has 6 nitrogen and oxygen atoms in total. The van der Waals surface area contributed by atoms with E-state index in [-0.39, 0.29) is 24.0 Å². The maximum atomic E-state index is 5.96. The number of hydrogen-bond acceptors (Lipinski definition) is 4. The van der Waals surface area contributed by atoms with Crippen molar-refractivity contribution in [2.75, 3.05) is 46.5 Å². The summed E-state index contributed by atoms with van der Waals surface area (Å²) in [6, 6.07) is 16.7. The topological polar surface area (TPSA) is 58.1 Å². The highest BCUT2D eigenvalue weighted by molar-refractivity contribution is 14.0. The van der Waals surface area contributed by atoms with Crippen molar-refractivity contribution in [2.24, 2.45) is 4.99 Å². The number of hydrogen-bond donors (Lipinski definition) is 2. The lowest BCUT2D eigenvalue weighted by Crippen LogP contribution is -2.38. The third-order valence-corrected chi connectivity index (χ3v) is 5.31. The second-order valence-electron chi connectivity index (χ2n) is 7.35. The van der Waals surface area contributed by atoms with Crippen molar-refractivity contribution >= 4 is 29.9 Å². The maximum absolute atomic E-state index is 5.96. The van der Waals surface area contributed by atoms with Crippen molar-refractivity contribution in [3.8, 4) is 5.75 Å². The number of nitrogens with zero attached hydrogens (tertiary/aromatic N) is 2. The van der Waals surface area contributed by atoms with Crippen LogP contribution in [0.3, 0.4) is 0 Å². The van der Waals surface area contributed by atoms with E-state index in [9.17, 15) is 0 Å². The molecular formula is C24H35IN4O2. The fraction of sp³-hybridized carbons (Fsp3) is 0.458. The van der Waals surface area contributed by atoms with E-state index in [1.165, 1.54) is 11.1 Å². The Labute approximate surface area is 203 Å². The van der Waals surface area contributed by atoms with Gasteiger partial charge in [0.15, 0.2) is 5.96 Å². The molecule has 1 heterocycles. The fourth-order valence-corrected chi connectivity index (χ4v) is 3.52. The van der Waals surface area contributed by atoms with Gasteiger partial charge in [-0.05, 0) is 35.2 Å². The predicted octanol–water partition coefficient (Wildman–Crippen LogP) is 3.44. The van der Waals surface area contributed by atoms with E-state index in [1.807, 2.05) is 12.1 Å². The number of aliphatic imine (C=N–C) groups is 1. The van der Waals surface area contributed by atoms with E-state index in [0.29, 0.717) is 13.2 Å². The van der Waals surface area contributed by atoms with Crippen LogP contribution in [-0.2, 0) is 24.2 Å². The molecule has 2 N–H and O–H groups in total. The minimum Gasteiger partial charge on any atom is -0.492 e. The van der Waals surface area contributed by atoms with Crippen LogP contribution in [0.5, 0.6) is 5.75 Å². The summed E-state index contributed by atoms with van der Waals surface area (Å²) < 4.78 is 11.3. The van der Waals surface area contributed by atoms with Crippen LogP contribution in [0.25, 0.3) is 0 Å². The molecule has 0 aromatic heterocycles. The van der Waals surface area contributed by atoms with Gasteiger partial charge in [-0.1, -0.05) is 43.3 Å². The third-order valence-electron chi connectivity index (χ3n) is 5.31. The number of benzene rings is 2. The molecule has 170 valence electrons. The van der Waals surface area contributed by atoms with Crippen molar-refractivity contribution < 1.29 is 9.47 Å². The van der Waals surface area contributed by atoms with E-state index < -0.39 is 0 Å². The summed E-state index contributed by atoms with van der Waals surface area (Å²) in [7, 11) is 1.80. The summed E-state index contributed by atoms with van der Waals surface area (Å²) >= 11 is 0. The maximum Gasteiger partial charge on any atom is 0.191 e. The molecule has 0 unspecified atom stereocenters. The second kappa shape index (κ2) is 14.3. The van der Waals surface area contributed by atoms with Gasteiger partial charge in [0.05, 0.1) is 13.2 Å². The van der Waals surface area contributed by atoms with Crippen molar-refractivity contribution in [1.82, 2.24) is 15.5 Å². The molecule has 0 saturated carbocycles. The predicted molar refractivity (Wildman–Crippen MR) is 137 cm³/mol. The zero-order chi connectivity index (χ0) is 21.0. The molecule has 0 bridgehead atoms. The molecule has 0 amide bonds. The molecule has 1 aliphatic heterocycles. The Morgan fingerprint density at radius 3 is 2.52 bits per heavy atom. The lowest BCUT2D eigenvalue weighted by Gasteiger charge is -2.26. The smallest absolute Gasteiger partial charge is 0.191 e. The molecule has 0 spiro atoms. The van der Waals surface area contributed by atoms with Crippen LogP contribution in [0.15, 0.2) is 53.5 Å². The Hall–Kier alpha value is -1.84. The number of aryl methyl sites for hydroxylation is 1. The molecule has 1 fully saturated rings. The van der Waals surface area contributed by atoms with Gasteiger partial charge in [0, 0.05) is 39.8 Å². The molecule has 2 aromatic rings. The van der Waals surface area contributed by atoms with Crippen LogP contribution in [-0.4, -0.2) is 57.4 Å². The summed E-state index contributed by atoms with van der Waals surface area (Å²) in [5.74, 6) is 1.70. The van der Waals surface area contributed by atoms with Crippen LogP contribution in [0.1, 0.15) is 23.6 Å². The van der Waals surface area contributed by atoms with E-state index in [2.05, 4.69) is 63.8 Å². The lowest BCUT2D eigenvalue weighted by molar-refractivity contribution is 0.0322. The minimum absolute atomic E-state index is 0. The first-order valence-corrected chi connectivity index (χ1v) is 10.8. The summed E-state index contributed by atoms with van der Waals surface area (Å²) in [6.45, 7) is 8.87. The summed E-state index contributed by atoms with van der Waals surface area (Å²) in [4.78, 5) is 6.72. The second-order valence-corrected chi connectivity index (χ2v) is 7.35. The van der Waals surface area contributed by atoms with E-state index in [4.69, 9.17) is 9.47 Å². The highest BCUT2D eigenvalue weighted by atomic mass is 127. The molecule has 0 radical (unpaired) electrons. The van der Waals surface area contributed by atoms with Gasteiger partial charge >= 0.3 is 0 Å². The molecule has 1 saturated heterocycles. The number of morpholine rings is 1. The molecule has 7 heteroatoms. The zero-order valence-corrected chi connectivity index (χ0v) is 20.9. The Morgan fingerprint density at radius 2 is 1.77 bits per heavy atom. The van der Waals surface area contributed by atoms with Gasteiger partial charge in [-0.15, -0.1) is 24.0 Å². The summed E-state index contributed by atoms with van der Waals surface area (Å²) in [5, 5.41) is 6.80. The van der Waals surface area contributed by atoms with Crippen LogP contribution in [0.2, 0.25) is 0 Å². The number of ether oxygens (including phenoxy) is 2. The standard InChI is InChI=1S/C24H34N4O2.HI/c1-3-21-8-4-5-9-22(21)19-27-24(25-2)26-18-20-7-6-10-23(17-20)30-16-13-28-11-14-29-15-12-28;/h4-10,17H,3,11-16,18-19H2,1-2H3,(H2,25,26,27);1H. The summed E-state index contributed by atoms with van der Waals surface area (Å²) in [5.41, 5.74) is 3.83. The Kier molecular flexibility index (Phi) is 11.7. The van der Waals surface area contributed by atoms with Gasteiger partial charge in [-0.3, -0.25) is 9.89 Å². The molecule has 3 rings (SSSR count). The first-order valence-electron chi connectivity index (χ1n) is 10.8. The fourth-order valence-electron chi connectivity index (χ4n) is 3.52. The highest BCUT2D eigenvalue weighted by Crippen LogP contribution is 2.13. The Balaban J connectivity index is 0.00000341. The number of guanidine groups is 1. The SMILES string of the molecule is CCc1ccccc1CNC(=NC)NCc1cccc(OCCN2CCOCC2)c1.I. The summed E-state index contributed by atoms with van der Waals surface area (Å²) in [6.07, 6.45) is 1.03. The van der Waals surface area contributed by atoms with E-state index >= 15 is 0 Å². The molecule has 2 aromatic carbocycles. The average Bonchev–Trinajstić information content (AvgIpc) is 2.80. The number of halogens is 1. The zero-order valence-electron chi connectivity index (χ0n) is 18.6. The average molecular weight is 538 g/mol. The van der Waals surface area contributed by atoms with E-state index in [0.717, 1.165) is 63.1 Å². The van der Waals surface area contributed by atoms with Gasteiger partial charge in [-0.25, -0.2) is 0 Å². The minimum atomic E-state index is 0. The van der Waals surface area contributed by atoms with Crippen molar-refractivity contribution in [2.45, 2.75) is 26.4 Å². The van der Waals surface area contributed by atoms with Gasteiger partial charge in [0.1, 0.15) is 12.4 Å². The van der Waals surface area contributed by atoms with Crippen LogP contribution in [0, 0.1) is 0 Å². The molecule has 31 heavy (non-hydrogen) atoms. The molecular weight excluding hydrogens is 503 g/mol. The van der Waals surface area contributed by atoms with Gasteiger partial charge in [0.25, 0.3) is 0 Å². The monoisotopic (exact) mass is 538 g/mol. The van der Waals surface area contributed by atoms with Gasteiger partial charge < -0.3 is 20.1 Å². The molecule has 1 aliphatic rings. The Bertz CT molecular complexity index is 810. The highest BCUT2D eigenvalue weighted by Gasteiger charge is 2.10. The number of nitrogens with one attached hydrogen (secondary N) is 2. The van der Waals surface area contributed by atoms with Crippen LogP contribution in [0.4, 0.5) is 0 Å². The van der Waals surface area contributed by atoms with Crippen LogP contribution >= 0.6 is 24.0 Å². The third kappa shape index (κ3) is 8.66. The number of rotatable bonds is 9. The van der Waals surface area contributed by atoms with Gasteiger partial charge in [0.2, 0.25) is 0 Å². The molecule has 0 aliphatic carbocycles. The first kappa shape index (κ1) is 25.4. The van der Waals surface area contributed by atoms with Gasteiger partial charge in [-0.2, -0.15) is 0 Å². The van der Waals surface area contributed by atoms with Crippen molar-refractivity contribution in [1.29, 1.82) is 0 Å². The Morgan fingerprint density at radius 1 is 1.03 bits per heavy atom. The van der Waals surface area contributed by atoms with Crippen LogP contribution < -0.4 is 15.4 Å². The van der Waals surface area contributed by atoms with Crippen molar-refractivity contribution in [3.63, 3.8) is 0 Å².